The largest absolute Gasteiger partial charge is 0.454 e. The van der Waals surface area contributed by atoms with E-state index >= 15 is 0 Å². The summed E-state index contributed by atoms with van der Waals surface area (Å²) in [5, 5.41) is 2.88. The molecule has 6 rings (SSSR count). The highest BCUT2D eigenvalue weighted by Gasteiger charge is 2.40. The minimum Gasteiger partial charge on any atom is -0.454 e. The van der Waals surface area contributed by atoms with Gasteiger partial charge in [0.15, 0.2) is 11.5 Å². The third kappa shape index (κ3) is 3.33. The molecule has 4 heterocycles. The lowest BCUT2D eigenvalue weighted by molar-refractivity contribution is -0.121. The Hall–Kier alpha value is -4.40. The van der Waals surface area contributed by atoms with E-state index in [2.05, 4.69) is 10.3 Å². The van der Waals surface area contributed by atoms with Crippen LogP contribution in [-0.2, 0) is 4.79 Å². The summed E-state index contributed by atoms with van der Waals surface area (Å²) in [5.41, 5.74) is 3.02. The van der Waals surface area contributed by atoms with Gasteiger partial charge in [-0.05, 0) is 47.5 Å². The molecule has 3 aromatic rings. The maximum atomic E-state index is 13.5. The van der Waals surface area contributed by atoms with Crippen molar-refractivity contribution in [3.05, 3.63) is 72.1 Å². The first kappa shape index (κ1) is 20.2. The van der Waals surface area contributed by atoms with Gasteiger partial charge in [-0.2, -0.15) is 0 Å². The Morgan fingerprint density at radius 2 is 1.82 bits per heavy atom. The molecule has 1 saturated heterocycles. The number of hydrogen-bond acceptors (Lipinski definition) is 6. The zero-order valence-electron chi connectivity index (χ0n) is 18.1. The number of carbonyl (C=O) groups is 3. The molecule has 34 heavy (non-hydrogen) atoms. The minimum absolute atomic E-state index is 0.119. The highest BCUT2D eigenvalue weighted by atomic mass is 16.7. The molecule has 0 unspecified atom stereocenters. The molecular weight excluding hydrogens is 436 g/mol. The van der Waals surface area contributed by atoms with E-state index in [1.54, 1.807) is 40.3 Å². The Morgan fingerprint density at radius 1 is 1.00 bits per heavy atom. The SMILES string of the molecule is O=C1Nc2ccc(-c3ccc4c(c3)OCO4)cc2C(=O)N2CCN(C(=O)c3cccnc3)C[C@H]12. The second-order valence-corrected chi connectivity index (χ2v) is 8.32. The predicted molar refractivity (Wildman–Crippen MR) is 122 cm³/mol. The molecule has 2 aromatic carbocycles. The molecular formula is C25H20N4O5. The summed E-state index contributed by atoms with van der Waals surface area (Å²) in [7, 11) is 0. The van der Waals surface area contributed by atoms with Crippen molar-refractivity contribution in [2.75, 3.05) is 31.7 Å². The fourth-order valence-corrected chi connectivity index (χ4v) is 4.56. The van der Waals surface area contributed by atoms with Crippen molar-refractivity contribution >= 4 is 23.4 Å². The van der Waals surface area contributed by atoms with Crippen LogP contribution in [0.15, 0.2) is 60.9 Å². The van der Waals surface area contributed by atoms with Crippen LogP contribution in [0.5, 0.6) is 11.5 Å². The third-order valence-corrected chi connectivity index (χ3v) is 6.35. The molecule has 3 amide bonds. The quantitative estimate of drug-likeness (QED) is 0.636. The van der Waals surface area contributed by atoms with E-state index in [1.165, 1.54) is 6.20 Å². The Kier molecular flexibility index (Phi) is 4.68. The Labute approximate surface area is 194 Å². The second kappa shape index (κ2) is 7.87. The first-order valence-corrected chi connectivity index (χ1v) is 10.9. The highest BCUT2D eigenvalue weighted by molar-refractivity contribution is 6.11. The fourth-order valence-electron chi connectivity index (χ4n) is 4.56. The van der Waals surface area contributed by atoms with Gasteiger partial charge in [0.25, 0.3) is 11.8 Å². The molecule has 0 bridgehead atoms. The maximum absolute atomic E-state index is 13.5. The van der Waals surface area contributed by atoms with Crippen molar-refractivity contribution in [3.63, 3.8) is 0 Å². The van der Waals surface area contributed by atoms with Gasteiger partial charge in [0.05, 0.1) is 23.4 Å². The van der Waals surface area contributed by atoms with E-state index in [1.807, 2.05) is 24.3 Å². The van der Waals surface area contributed by atoms with Crippen molar-refractivity contribution in [1.29, 1.82) is 0 Å². The highest BCUT2D eigenvalue weighted by Crippen LogP contribution is 2.37. The number of ether oxygens (including phenoxy) is 2. The van der Waals surface area contributed by atoms with Gasteiger partial charge < -0.3 is 24.6 Å². The van der Waals surface area contributed by atoms with Crippen LogP contribution >= 0.6 is 0 Å². The van der Waals surface area contributed by atoms with Crippen LogP contribution in [-0.4, -0.2) is 65.0 Å². The smallest absolute Gasteiger partial charge is 0.256 e. The molecule has 1 aromatic heterocycles. The summed E-state index contributed by atoms with van der Waals surface area (Å²) in [4.78, 5) is 46.6. The van der Waals surface area contributed by atoms with Crippen molar-refractivity contribution in [3.8, 4) is 22.6 Å². The topological polar surface area (TPSA) is 101 Å². The number of hydrogen-bond donors (Lipinski definition) is 1. The van der Waals surface area contributed by atoms with Gasteiger partial charge in [0, 0.05) is 25.5 Å². The monoisotopic (exact) mass is 456 g/mol. The second-order valence-electron chi connectivity index (χ2n) is 8.32. The molecule has 3 aliphatic heterocycles. The molecule has 0 saturated carbocycles. The van der Waals surface area contributed by atoms with E-state index in [9.17, 15) is 14.4 Å². The van der Waals surface area contributed by atoms with Crippen LogP contribution in [0.4, 0.5) is 5.69 Å². The lowest BCUT2D eigenvalue weighted by Gasteiger charge is -2.39. The predicted octanol–water partition coefficient (Wildman–Crippen LogP) is 2.40. The molecule has 170 valence electrons. The zero-order valence-corrected chi connectivity index (χ0v) is 18.1. The lowest BCUT2D eigenvalue weighted by atomic mass is 10.0. The average Bonchev–Trinajstić information content (AvgIpc) is 3.32. The normalized spacial score (nSPS) is 18.6. The van der Waals surface area contributed by atoms with Crippen LogP contribution in [0.1, 0.15) is 20.7 Å². The first-order chi connectivity index (χ1) is 16.6. The number of fused-ring (bicyclic) bond motifs is 3. The van der Waals surface area contributed by atoms with Crippen molar-refractivity contribution in [1.82, 2.24) is 14.8 Å². The maximum Gasteiger partial charge on any atom is 0.256 e. The van der Waals surface area contributed by atoms with E-state index in [-0.39, 0.29) is 37.6 Å². The summed E-state index contributed by atoms with van der Waals surface area (Å²) in [5.74, 6) is 0.575. The van der Waals surface area contributed by atoms with E-state index < -0.39 is 6.04 Å². The number of nitrogens with one attached hydrogen (secondary N) is 1. The number of pyridine rings is 1. The summed E-state index contributed by atoms with van der Waals surface area (Å²) >= 11 is 0. The average molecular weight is 456 g/mol. The zero-order chi connectivity index (χ0) is 23.2. The summed E-state index contributed by atoms with van der Waals surface area (Å²) in [6, 6.07) is 13.6. The number of rotatable bonds is 2. The van der Waals surface area contributed by atoms with E-state index in [4.69, 9.17) is 9.47 Å². The Morgan fingerprint density at radius 3 is 2.68 bits per heavy atom. The number of carbonyl (C=O) groups excluding carboxylic acids is 3. The molecule has 9 heteroatoms. The van der Waals surface area contributed by atoms with Gasteiger partial charge >= 0.3 is 0 Å². The Bertz CT molecular complexity index is 1330. The van der Waals surface area contributed by atoms with E-state index in [0.717, 1.165) is 11.1 Å². The van der Waals surface area contributed by atoms with Crippen LogP contribution in [0.2, 0.25) is 0 Å². The van der Waals surface area contributed by atoms with Crippen LogP contribution in [0.3, 0.4) is 0 Å². The minimum atomic E-state index is -0.775. The molecule has 1 fully saturated rings. The number of anilines is 1. The lowest BCUT2D eigenvalue weighted by Crippen LogP contribution is -2.59. The van der Waals surface area contributed by atoms with Crippen LogP contribution in [0, 0.1) is 0 Å². The van der Waals surface area contributed by atoms with Crippen molar-refractivity contribution in [2.24, 2.45) is 0 Å². The Balaban J connectivity index is 1.29. The number of amides is 3. The number of nitrogens with zero attached hydrogens (tertiary/aromatic N) is 3. The van der Waals surface area contributed by atoms with Gasteiger partial charge in [0.2, 0.25) is 12.7 Å². The van der Waals surface area contributed by atoms with Gasteiger partial charge in [-0.15, -0.1) is 0 Å². The molecule has 9 nitrogen and oxygen atoms in total. The van der Waals surface area contributed by atoms with Crippen LogP contribution in [0.25, 0.3) is 11.1 Å². The fraction of sp³-hybridized carbons (Fsp3) is 0.200. The molecule has 0 aliphatic carbocycles. The van der Waals surface area contributed by atoms with Gasteiger partial charge in [0.1, 0.15) is 6.04 Å². The standard InChI is InChI=1S/C25H20N4O5/c30-23-20-13-28(24(31)17-2-1-7-26-12-17)8-9-29(20)25(32)18-10-15(3-5-19(18)27-23)16-4-6-21-22(11-16)34-14-33-21/h1-7,10-12,20H,8-9,13-14H2,(H,27,30)/t20-/m1/s1. The molecule has 0 spiro atoms. The molecule has 0 radical (unpaired) electrons. The summed E-state index contributed by atoms with van der Waals surface area (Å²) in [6.07, 6.45) is 3.10. The van der Waals surface area contributed by atoms with Crippen molar-refractivity contribution in [2.45, 2.75) is 6.04 Å². The first-order valence-electron chi connectivity index (χ1n) is 10.9. The summed E-state index contributed by atoms with van der Waals surface area (Å²) in [6.45, 7) is 0.898. The van der Waals surface area contributed by atoms with Gasteiger partial charge in [-0.3, -0.25) is 19.4 Å². The molecule has 1 N–H and O–H groups in total. The number of benzene rings is 2. The van der Waals surface area contributed by atoms with E-state index in [0.29, 0.717) is 34.9 Å². The number of piperazine rings is 1. The van der Waals surface area contributed by atoms with Crippen molar-refractivity contribution < 1.29 is 23.9 Å². The van der Waals surface area contributed by atoms with Crippen LogP contribution < -0.4 is 14.8 Å². The van der Waals surface area contributed by atoms with Gasteiger partial charge in [-0.1, -0.05) is 12.1 Å². The van der Waals surface area contributed by atoms with Gasteiger partial charge in [-0.25, -0.2) is 0 Å². The summed E-state index contributed by atoms with van der Waals surface area (Å²) < 4.78 is 10.8. The number of aromatic nitrogens is 1. The molecule has 3 aliphatic rings. The molecule has 1 atom stereocenters. The third-order valence-electron chi connectivity index (χ3n) is 6.35.